The second kappa shape index (κ2) is 5.88. The van der Waals surface area contributed by atoms with Crippen molar-refractivity contribution in [3.63, 3.8) is 0 Å². The van der Waals surface area contributed by atoms with Gasteiger partial charge in [0.1, 0.15) is 10.9 Å². The summed E-state index contributed by atoms with van der Waals surface area (Å²) in [6.45, 7) is 3.98. The highest BCUT2D eigenvalue weighted by molar-refractivity contribution is 9.10. The lowest BCUT2D eigenvalue weighted by molar-refractivity contribution is 0.416. The average Bonchev–Trinajstić information content (AvgIpc) is 2.38. The maximum absolute atomic E-state index is 6.22. The maximum atomic E-state index is 6.22. The molecule has 19 heavy (non-hydrogen) atoms. The first-order chi connectivity index (χ1) is 9.06. The number of ether oxygens (including phenoxy) is 1. The van der Waals surface area contributed by atoms with Gasteiger partial charge in [-0.1, -0.05) is 34.5 Å². The molecule has 1 heterocycles. The first kappa shape index (κ1) is 14.3. The third kappa shape index (κ3) is 2.90. The van der Waals surface area contributed by atoms with Gasteiger partial charge < -0.3 is 4.74 Å². The normalized spacial score (nSPS) is 10.6. The molecule has 0 spiro atoms. The molecule has 0 saturated carbocycles. The topological polar surface area (TPSA) is 35.0 Å². The second-order valence-corrected chi connectivity index (χ2v) is 5.37. The molecule has 0 bridgehead atoms. The summed E-state index contributed by atoms with van der Waals surface area (Å²) in [5.41, 5.74) is 2.71. The minimum absolute atomic E-state index is 0.507. The molecule has 0 fully saturated rings. The van der Waals surface area contributed by atoms with Crippen molar-refractivity contribution in [1.82, 2.24) is 9.97 Å². The van der Waals surface area contributed by atoms with Gasteiger partial charge in [0.15, 0.2) is 5.82 Å². The molecule has 0 amide bonds. The average molecular weight is 342 g/mol. The summed E-state index contributed by atoms with van der Waals surface area (Å²) in [7, 11) is 1.63. The van der Waals surface area contributed by atoms with Crippen LogP contribution in [0.2, 0.25) is 5.15 Å². The monoisotopic (exact) mass is 340 g/mol. The number of benzene rings is 1. The van der Waals surface area contributed by atoms with Gasteiger partial charge in [0.05, 0.1) is 12.7 Å². The van der Waals surface area contributed by atoms with E-state index in [2.05, 4.69) is 25.9 Å². The van der Waals surface area contributed by atoms with Crippen LogP contribution < -0.4 is 4.74 Å². The molecule has 0 N–H and O–H groups in total. The fraction of sp³-hybridized carbons (Fsp3) is 0.286. The number of nitrogens with zero attached hydrogens (tertiary/aromatic N) is 2. The van der Waals surface area contributed by atoms with E-state index in [1.165, 1.54) is 0 Å². The number of rotatable bonds is 3. The van der Waals surface area contributed by atoms with Crippen LogP contribution in [0.1, 0.15) is 18.2 Å². The number of aryl methyl sites for hydroxylation is 1. The van der Waals surface area contributed by atoms with Crippen LogP contribution in [0.15, 0.2) is 22.7 Å². The molecule has 0 unspecified atom stereocenters. The van der Waals surface area contributed by atoms with E-state index in [9.17, 15) is 0 Å². The van der Waals surface area contributed by atoms with Crippen molar-refractivity contribution in [1.29, 1.82) is 0 Å². The van der Waals surface area contributed by atoms with E-state index >= 15 is 0 Å². The number of halogens is 2. The minimum atomic E-state index is 0.507. The molecular weight excluding hydrogens is 328 g/mol. The number of methoxy groups -OCH3 is 1. The van der Waals surface area contributed by atoms with Gasteiger partial charge in [-0.3, -0.25) is 0 Å². The molecule has 0 aliphatic heterocycles. The SMILES string of the molecule is CCc1c(C)nc(-c2cc(Br)ccc2OC)nc1Cl. The molecule has 1 aromatic heterocycles. The van der Waals surface area contributed by atoms with E-state index in [1.807, 2.05) is 32.0 Å². The number of hydrogen-bond acceptors (Lipinski definition) is 3. The lowest BCUT2D eigenvalue weighted by Crippen LogP contribution is -2.00. The Morgan fingerprint density at radius 2 is 2.05 bits per heavy atom. The first-order valence-corrected chi connectivity index (χ1v) is 7.10. The third-order valence-electron chi connectivity index (χ3n) is 2.92. The summed E-state index contributed by atoms with van der Waals surface area (Å²) >= 11 is 9.66. The van der Waals surface area contributed by atoms with Crippen molar-refractivity contribution in [2.45, 2.75) is 20.3 Å². The fourth-order valence-corrected chi connectivity index (χ4v) is 2.65. The summed E-state index contributed by atoms with van der Waals surface area (Å²) in [5.74, 6) is 1.31. The van der Waals surface area contributed by atoms with Gasteiger partial charge in [-0.2, -0.15) is 0 Å². The van der Waals surface area contributed by atoms with E-state index in [4.69, 9.17) is 16.3 Å². The predicted octanol–water partition coefficient (Wildman–Crippen LogP) is 4.44. The Bertz CT molecular complexity index is 593. The van der Waals surface area contributed by atoms with E-state index in [1.54, 1.807) is 7.11 Å². The van der Waals surface area contributed by atoms with E-state index in [0.29, 0.717) is 11.0 Å². The smallest absolute Gasteiger partial charge is 0.164 e. The Kier molecular flexibility index (Phi) is 4.42. The Hall–Kier alpha value is -1.13. The summed E-state index contributed by atoms with van der Waals surface area (Å²) in [5, 5.41) is 0.507. The molecule has 2 rings (SSSR count). The van der Waals surface area contributed by atoms with Crippen LogP contribution in [-0.4, -0.2) is 17.1 Å². The third-order valence-corrected chi connectivity index (χ3v) is 3.73. The number of aromatic nitrogens is 2. The molecule has 5 heteroatoms. The fourth-order valence-electron chi connectivity index (χ4n) is 1.94. The van der Waals surface area contributed by atoms with Gasteiger partial charge in [0, 0.05) is 15.7 Å². The van der Waals surface area contributed by atoms with Gasteiger partial charge in [0.25, 0.3) is 0 Å². The lowest BCUT2D eigenvalue weighted by atomic mass is 10.1. The highest BCUT2D eigenvalue weighted by Crippen LogP contribution is 2.32. The maximum Gasteiger partial charge on any atom is 0.164 e. The molecule has 0 aliphatic rings. The standard InChI is InChI=1S/C14H14BrClN2O/c1-4-10-8(2)17-14(18-13(10)16)11-7-9(15)5-6-12(11)19-3/h5-7H,4H2,1-3H3. The van der Waals surface area contributed by atoms with E-state index < -0.39 is 0 Å². The first-order valence-electron chi connectivity index (χ1n) is 5.93. The molecular formula is C14H14BrClN2O. The van der Waals surface area contributed by atoms with E-state index in [0.717, 1.165) is 33.5 Å². The van der Waals surface area contributed by atoms with Crippen molar-refractivity contribution < 1.29 is 4.74 Å². The van der Waals surface area contributed by atoms with Gasteiger partial charge >= 0.3 is 0 Å². The molecule has 0 aliphatic carbocycles. The van der Waals surface area contributed by atoms with Crippen molar-refractivity contribution in [2.24, 2.45) is 0 Å². The molecule has 0 radical (unpaired) electrons. The Morgan fingerprint density at radius 1 is 1.32 bits per heavy atom. The van der Waals surface area contributed by atoms with Crippen LogP contribution in [0.3, 0.4) is 0 Å². The quantitative estimate of drug-likeness (QED) is 0.774. The van der Waals surface area contributed by atoms with Crippen LogP contribution in [0.5, 0.6) is 5.75 Å². The van der Waals surface area contributed by atoms with Crippen molar-refractivity contribution in [2.75, 3.05) is 7.11 Å². The Labute approximate surface area is 126 Å². The zero-order chi connectivity index (χ0) is 14.0. The molecule has 0 saturated heterocycles. The zero-order valence-electron chi connectivity index (χ0n) is 11.0. The number of hydrogen-bond donors (Lipinski definition) is 0. The molecule has 2 aromatic rings. The molecule has 3 nitrogen and oxygen atoms in total. The van der Waals surface area contributed by atoms with Crippen molar-refractivity contribution in [3.05, 3.63) is 39.1 Å². The second-order valence-electron chi connectivity index (χ2n) is 4.10. The van der Waals surface area contributed by atoms with Crippen LogP contribution in [-0.2, 0) is 6.42 Å². The Morgan fingerprint density at radius 3 is 2.63 bits per heavy atom. The van der Waals surface area contributed by atoms with E-state index in [-0.39, 0.29) is 0 Å². The van der Waals surface area contributed by atoms with Crippen LogP contribution in [0.4, 0.5) is 0 Å². The highest BCUT2D eigenvalue weighted by atomic mass is 79.9. The van der Waals surface area contributed by atoms with Crippen molar-refractivity contribution >= 4 is 27.5 Å². The van der Waals surface area contributed by atoms with Gasteiger partial charge in [-0.15, -0.1) is 0 Å². The van der Waals surface area contributed by atoms with Crippen molar-refractivity contribution in [3.8, 4) is 17.1 Å². The Balaban J connectivity index is 2.62. The predicted molar refractivity (Wildman–Crippen MR) is 80.8 cm³/mol. The summed E-state index contributed by atoms with van der Waals surface area (Å²) in [4.78, 5) is 8.91. The lowest BCUT2D eigenvalue weighted by Gasteiger charge is -2.11. The van der Waals surface area contributed by atoms with Crippen LogP contribution >= 0.6 is 27.5 Å². The zero-order valence-corrected chi connectivity index (χ0v) is 13.3. The van der Waals surface area contributed by atoms with Crippen LogP contribution in [0.25, 0.3) is 11.4 Å². The molecule has 100 valence electrons. The molecule has 0 atom stereocenters. The minimum Gasteiger partial charge on any atom is -0.496 e. The largest absolute Gasteiger partial charge is 0.496 e. The summed E-state index contributed by atoms with van der Waals surface area (Å²) < 4.78 is 6.29. The van der Waals surface area contributed by atoms with Gasteiger partial charge in [0.2, 0.25) is 0 Å². The van der Waals surface area contributed by atoms with Gasteiger partial charge in [-0.25, -0.2) is 9.97 Å². The molecule has 1 aromatic carbocycles. The summed E-state index contributed by atoms with van der Waals surface area (Å²) in [6, 6.07) is 5.71. The van der Waals surface area contributed by atoms with Gasteiger partial charge in [-0.05, 0) is 31.5 Å². The summed E-state index contributed by atoms with van der Waals surface area (Å²) in [6.07, 6.45) is 0.820. The van der Waals surface area contributed by atoms with Crippen LogP contribution in [0, 0.1) is 6.92 Å². The highest BCUT2D eigenvalue weighted by Gasteiger charge is 2.13.